The Kier molecular flexibility index (Phi) is 5.37. The molecule has 142 valence electrons. The van der Waals surface area contributed by atoms with E-state index in [0.29, 0.717) is 5.92 Å². The molecule has 5 nitrogen and oxygen atoms in total. The summed E-state index contributed by atoms with van der Waals surface area (Å²) in [7, 11) is 1.76. The van der Waals surface area contributed by atoms with Crippen molar-refractivity contribution in [3.05, 3.63) is 28.8 Å². The van der Waals surface area contributed by atoms with Crippen LogP contribution in [0.3, 0.4) is 0 Å². The Labute approximate surface area is 156 Å². The van der Waals surface area contributed by atoms with Gasteiger partial charge >= 0.3 is 0 Å². The second-order valence-electron chi connectivity index (χ2n) is 8.21. The Bertz CT molecular complexity index is 692. The highest BCUT2D eigenvalue weighted by Gasteiger charge is 2.50. The predicted molar refractivity (Wildman–Crippen MR) is 104 cm³/mol. The zero-order valence-electron chi connectivity index (χ0n) is 16.4. The lowest BCUT2D eigenvalue weighted by Crippen LogP contribution is -2.50. The smallest absolute Gasteiger partial charge is 0.243 e. The van der Waals surface area contributed by atoms with Gasteiger partial charge in [0.25, 0.3) is 0 Å². The van der Waals surface area contributed by atoms with Crippen molar-refractivity contribution >= 4 is 17.5 Å². The Morgan fingerprint density at radius 1 is 1.23 bits per heavy atom. The van der Waals surface area contributed by atoms with Crippen LogP contribution < -0.4 is 10.6 Å². The molecular weight excluding hydrogens is 326 g/mol. The Morgan fingerprint density at radius 2 is 1.92 bits per heavy atom. The molecule has 5 heteroatoms. The van der Waals surface area contributed by atoms with E-state index in [1.807, 2.05) is 20.8 Å². The average molecular weight is 357 g/mol. The molecule has 1 aliphatic heterocycles. The minimum atomic E-state index is -0.303. The first kappa shape index (κ1) is 18.9. The summed E-state index contributed by atoms with van der Waals surface area (Å²) in [6.45, 7) is 7.82. The molecule has 2 aliphatic rings. The molecule has 2 N–H and O–H groups in total. The molecule has 1 aliphatic carbocycles. The van der Waals surface area contributed by atoms with E-state index in [1.54, 1.807) is 11.9 Å². The van der Waals surface area contributed by atoms with E-state index in [9.17, 15) is 9.59 Å². The van der Waals surface area contributed by atoms with E-state index in [4.69, 9.17) is 0 Å². The third-order valence-corrected chi connectivity index (χ3v) is 6.13. The van der Waals surface area contributed by atoms with Crippen molar-refractivity contribution in [2.45, 2.75) is 46.5 Å². The summed E-state index contributed by atoms with van der Waals surface area (Å²) < 4.78 is 0. The van der Waals surface area contributed by atoms with Crippen LogP contribution >= 0.6 is 0 Å². The van der Waals surface area contributed by atoms with Crippen molar-refractivity contribution < 1.29 is 9.59 Å². The first-order valence-electron chi connectivity index (χ1n) is 9.67. The molecule has 0 spiro atoms. The number of amides is 2. The summed E-state index contributed by atoms with van der Waals surface area (Å²) in [6, 6.07) is 4.13. The number of rotatable bonds is 4. The number of carbonyl (C=O) groups excluding carboxylic acids is 2. The number of benzene rings is 1. The molecule has 26 heavy (non-hydrogen) atoms. The summed E-state index contributed by atoms with van der Waals surface area (Å²) in [5.74, 6) is 0.404. The zero-order chi connectivity index (χ0) is 18.9. The van der Waals surface area contributed by atoms with E-state index in [2.05, 4.69) is 22.8 Å². The molecule has 3 rings (SSSR count). The number of nitrogens with zero attached hydrogens (tertiary/aromatic N) is 1. The third-order valence-electron chi connectivity index (χ3n) is 6.13. The molecule has 0 radical (unpaired) electrons. The Balaban J connectivity index is 1.67. The van der Waals surface area contributed by atoms with Gasteiger partial charge in [0.15, 0.2) is 0 Å². The molecular formula is C21H31N3O2. The van der Waals surface area contributed by atoms with E-state index in [1.165, 1.54) is 12.0 Å². The zero-order valence-corrected chi connectivity index (χ0v) is 16.4. The standard InChI is InChI=1S/C21H31N3O2/c1-14-9-15(2)19(16(3)10-14)23-18(25)12-24(4)20(26)21-8-6-5-7-17(21)11-22-13-21/h9-10,17,22H,5-8,11-13H2,1-4H3,(H,23,25)/t17-,21+/m0/s1. The maximum absolute atomic E-state index is 13.2. The highest BCUT2D eigenvalue weighted by atomic mass is 16.2. The number of likely N-dealkylation sites (N-methyl/N-ethyl adjacent to an activating group) is 1. The second-order valence-corrected chi connectivity index (χ2v) is 8.21. The number of fused-ring (bicyclic) bond motifs is 1. The molecule has 1 aromatic carbocycles. The topological polar surface area (TPSA) is 61.4 Å². The van der Waals surface area contributed by atoms with Gasteiger partial charge in [-0.25, -0.2) is 0 Å². The summed E-state index contributed by atoms with van der Waals surface area (Å²) >= 11 is 0. The molecule has 1 heterocycles. The van der Waals surface area contributed by atoms with Gasteiger partial charge in [-0.15, -0.1) is 0 Å². The first-order valence-corrected chi connectivity index (χ1v) is 9.67. The molecule has 2 atom stereocenters. The maximum Gasteiger partial charge on any atom is 0.243 e. The van der Waals surface area contributed by atoms with Crippen LogP contribution in [0.15, 0.2) is 12.1 Å². The van der Waals surface area contributed by atoms with E-state index >= 15 is 0 Å². The van der Waals surface area contributed by atoms with Crippen molar-refractivity contribution in [3.63, 3.8) is 0 Å². The van der Waals surface area contributed by atoms with Crippen molar-refractivity contribution in [1.82, 2.24) is 10.2 Å². The minimum absolute atomic E-state index is 0.0973. The molecule has 1 saturated carbocycles. The van der Waals surface area contributed by atoms with Crippen molar-refractivity contribution in [1.29, 1.82) is 0 Å². The van der Waals surface area contributed by atoms with Gasteiger partial charge in [-0.05, 0) is 57.2 Å². The van der Waals surface area contributed by atoms with Crippen LogP contribution in [0.5, 0.6) is 0 Å². The highest BCUT2D eigenvalue weighted by Crippen LogP contribution is 2.44. The van der Waals surface area contributed by atoms with Crippen LogP contribution in [0.25, 0.3) is 0 Å². The Hall–Kier alpha value is -1.88. The molecule has 0 unspecified atom stereocenters. The van der Waals surface area contributed by atoms with Crippen molar-refractivity contribution in [2.24, 2.45) is 11.3 Å². The quantitative estimate of drug-likeness (QED) is 0.871. The van der Waals surface area contributed by atoms with Crippen LogP contribution in [0.1, 0.15) is 42.4 Å². The summed E-state index contributed by atoms with van der Waals surface area (Å²) in [4.78, 5) is 27.4. The second kappa shape index (κ2) is 7.39. The van der Waals surface area contributed by atoms with Gasteiger partial charge in [0, 0.05) is 19.3 Å². The van der Waals surface area contributed by atoms with E-state index in [0.717, 1.165) is 49.2 Å². The molecule has 0 aromatic heterocycles. The fraction of sp³-hybridized carbons (Fsp3) is 0.619. The van der Waals surface area contributed by atoms with Crippen LogP contribution in [-0.2, 0) is 9.59 Å². The number of carbonyl (C=O) groups is 2. The largest absolute Gasteiger partial charge is 0.336 e. The fourth-order valence-corrected chi connectivity index (χ4v) is 4.89. The lowest BCUT2D eigenvalue weighted by atomic mass is 9.67. The van der Waals surface area contributed by atoms with Gasteiger partial charge in [-0.2, -0.15) is 0 Å². The van der Waals surface area contributed by atoms with Gasteiger partial charge in [0.1, 0.15) is 0 Å². The van der Waals surface area contributed by atoms with Gasteiger partial charge < -0.3 is 15.5 Å². The number of anilines is 1. The summed E-state index contributed by atoms with van der Waals surface area (Å²) in [6.07, 6.45) is 4.36. The van der Waals surface area contributed by atoms with Crippen molar-refractivity contribution in [2.75, 3.05) is 32.0 Å². The predicted octanol–water partition coefficient (Wildman–Crippen LogP) is 2.79. The molecule has 0 bridgehead atoms. The van der Waals surface area contributed by atoms with Gasteiger partial charge in [0.05, 0.1) is 12.0 Å². The molecule has 1 aromatic rings. The van der Waals surface area contributed by atoms with Crippen molar-refractivity contribution in [3.8, 4) is 0 Å². The first-order chi connectivity index (χ1) is 12.3. The van der Waals surface area contributed by atoms with Crippen LogP contribution in [0, 0.1) is 32.1 Å². The monoisotopic (exact) mass is 357 g/mol. The summed E-state index contributed by atoms with van der Waals surface area (Å²) in [5, 5.41) is 6.41. The minimum Gasteiger partial charge on any atom is -0.336 e. The normalized spacial score (nSPS) is 24.8. The molecule has 2 amide bonds. The van der Waals surface area contributed by atoms with Crippen LogP contribution in [-0.4, -0.2) is 43.4 Å². The third kappa shape index (κ3) is 3.50. The summed E-state index contributed by atoms with van der Waals surface area (Å²) in [5.41, 5.74) is 3.84. The van der Waals surface area contributed by atoms with Crippen LogP contribution in [0.2, 0.25) is 0 Å². The molecule has 1 saturated heterocycles. The lowest BCUT2D eigenvalue weighted by Gasteiger charge is -2.39. The van der Waals surface area contributed by atoms with Gasteiger partial charge in [-0.1, -0.05) is 30.5 Å². The number of hydrogen-bond donors (Lipinski definition) is 2. The number of nitrogens with one attached hydrogen (secondary N) is 2. The number of aryl methyl sites for hydroxylation is 3. The lowest BCUT2D eigenvalue weighted by molar-refractivity contribution is -0.145. The van der Waals surface area contributed by atoms with Gasteiger partial charge in [0.2, 0.25) is 11.8 Å². The fourth-order valence-electron chi connectivity index (χ4n) is 4.89. The average Bonchev–Trinajstić information content (AvgIpc) is 3.02. The maximum atomic E-state index is 13.2. The van der Waals surface area contributed by atoms with Gasteiger partial charge in [-0.3, -0.25) is 9.59 Å². The van der Waals surface area contributed by atoms with E-state index in [-0.39, 0.29) is 23.8 Å². The van der Waals surface area contributed by atoms with E-state index < -0.39 is 0 Å². The SMILES string of the molecule is Cc1cc(C)c(NC(=O)CN(C)C(=O)[C@@]23CCCC[C@H]2CNC3)c(C)c1. The van der Waals surface area contributed by atoms with Crippen LogP contribution in [0.4, 0.5) is 5.69 Å². The highest BCUT2D eigenvalue weighted by molar-refractivity contribution is 5.96. The molecule has 2 fully saturated rings. The Morgan fingerprint density at radius 3 is 2.62 bits per heavy atom. The number of hydrogen-bond acceptors (Lipinski definition) is 3.